The lowest BCUT2D eigenvalue weighted by molar-refractivity contribution is -0.388. The van der Waals surface area contributed by atoms with Gasteiger partial charge in [0.25, 0.3) is 0 Å². The van der Waals surface area contributed by atoms with Gasteiger partial charge in [0, 0.05) is 0 Å². The number of hydrogen-bond acceptors (Lipinski definition) is 16. The lowest BCUT2D eigenvalue weighted by Crippen LogP contribution is -2.64. The highest BCUT2D eigenvalue weighted by molar-refractivity contribution is 4.98. The van der Waals surface area contributed by atoms with Crippen LogP contribution in [0.2, 0.25) is 0 Å². The second-order valence-electron chi connectivity index (χ2n) is 8.52. The summed E-state index contributed by atoms with van der Waals surface area (Å²) in [5, 5.41) is 108. The average molecular weight is 522 g/mol. The third kappa shape index (κ3) is 5.46. The third-order valence-corrected chi connectivity index (χ3v) is 6.19. The second-order valence-corrected chi connectivity index (χ2v) is 8.52. The van der Waals surface area contributed by atoms with E-state index in [1.807, 2.05) is 0 Å². The van der Waals surface area contributed by atoms with Gasteiger partial charge in [-0.15, -0.1) is 0 Å². The molecule has 0 aromatic rings. The van der Waals surface area contributed by atoms with Gasteiger partial charge in [-0.1, -0.05) is 0 Å². The van der Waals surface area contributed by atoms with Crippen molar-refractivity contribution in [2.75, 3.05) is 19.8 Å². The van der Waals surface area contributed by atoms with Crippen molar-refractivity contribution in [3.63, 3.8) is 0 Å². The minimum atomic E-state index is -2.75. The van der Waals surface area contributed by atoms with Crippen LogP contribution in [0.3, 0.4) is 0 Å². The summed E-state index contributed by atoms with van der Waals surface area (Å²) in [4.78, 5) is 0. The molecule has 0 amide bonds. The van der Waals surface area contributed by atoms with E-state index in [1.54, 1.807) is 0 Å². The fourth-order valence-corrected chi connectivity index (χ4v) is 4.05. The Labute approximate surface area is 196 Å². The predicted molar refractivity (Wildman–Crippen MR) is 101 cm³/mol. The maximum atomic E-state index is 13.3. The molecule has 0 aromatic carbocycles. The maximum Gasteiger partial charge on any atom is 0.225 e. The van der Waals surface area contributed by atoms with Crippen LogP contribution in [0.1, 0.15) is 0 Å². The van der Waals surface area contributed by atoms with Crippen molar-refractivity contribution in [1.82, 2.24) is 0 Å². The molecule has 15 atom stereocenters. The first kappa shape index (κ1) is 28.9. The van der Waals surface area contributed by atoms with E-state index in [-0.39, 0.29) is 0 Å². The molecular weight excluding hydrogens is 491 g/mol. The minimum Gasteiger partial charge on any atom is -0.394 e. The molecule has 0 bridgehead atoms. The highest BCUT2D eigenvalue weighted by Gasteiger charge is 2.58. The van der Waals surface area contributed by atoms with Crippen LogP contribution in [-0.2, 0) is 23.7 Å². The number of halogens is 1. The molecule has 3 aliphatic rings. The number of aliphatic hydroxyl groups excluding tert-OH is 11. The highest BCUT2D eigenvalue weighted by atomic mass is 19.1. The Morgan fingerprint density at radius 3 is 1.89 bits per heavy atom. The molecular formula is C18H31FO16. The zero-order chi connectivity index (χ0) is 26.2. The molecule has 3 heterocycles. The Hall–Kier alpha value is -0.710. The van der Waals surface area contributed by atoms with Gasteiger partial charge in [-0.25, -0.2) is 4.39 Å². The summed E-state index contributed by atoms with van der Waals surface area (Å²) in [5.74, 6) is -2.40. The Kier molecular flexibility index (Phi) is 9.36. The summed E-state index contributed by atoms with van der Waals surface area (Å²) in [7, 11) is 0. The summed E-state index contributed by atoms with van der Waals surface area (Å²) in [6.45, 7) is -2.63. The summed E-state index contributed by atoms with van der Waals surface area (Å²) in [5.41, 5.74) is 0. The van der Waals surface area contributed by atoms with Gasteiger partial charge >= 0.3 is 0 Å². The summed E-state index contributed by atoms with van der Waals surface area (Å²) in [6, 6.07) is 0. The molecule has 0 radical (unpaired) electrons. The standard InChI is InChI=1S/C18H31FO16/c19-15(30)13-10(26)9(25)11(27)16(33-13)31-2-5-6(22)8(24)12(28)17(32-5)35-18(3-21)14(29)7(23)4(1-20)34-18/h4-17,20-30H,1-3H2/t4-,5-,6-,7-,8+,9+,10-,11-,12-,13+,14+,15?,16?,17?,18+/m1/s1. The number of rotatable bonds is 8. The molecule has 11 N–H and O–H groups in total. The first-order valence-corrected chi connectivity index (χ1v) is 10.6. The van der Waals surface area contributed by atoms with Crippen molar-refractivity contribution in [2.24, 2.45) is 0 Å². The van der Waals surface area contributed by atoms with Crippen molar-refractivity contribution < 1.29 is 84.2 Å². The molecule has 17 heteroatoms. The largest absolute Gasteiger partial charge is 0.394 e. The van der Waals surface area contributed by atoms with Gasteiger partial charge in [0.15, 0.2) is 12.6 Å². The van der Waals surface area contributed by atoms with Crippen LogP contribution in [0, 0.1) is 0 Å². The SMILES string of the molecule is OC[C@H]1O[C@@](CO)(OC2O[C@H](COC3O[C@H](C(O)F)[C@H](O)[C@H](O)[C@H]3O)[C@@H](O)[C@H](O)[C@H]2O)[C@@H](O)[C@@H]1O. The molecule has 0 spiro atoms. The van der Waals surface area contributed by atoms with E-state index in [0.717, 1.165) is 0 Å². The molecule has 0 aromatic heterocycles. The average Bonchev–Trinajstić information content (AvgIpc) is 3.07. The van der Waals surface area contributed by atoms with E-state index in [0.29, 0.717) is 0 Å². The van der Waals surface area contributed by atoms with Gasteiger partial charge in [-0.3, -0.25) is 0 Å². The first-order chi connectivity index (χ1) is 16.4. The van der Waals surface area contributed by atoms with E-state index in [1.165, 1.54) is 0 Å². The molecule has 35 heavy (non-hydrogen) atoms. The van der Waals surface area contributed by atoms with Crippen LogP contribution >= 0.6 is 0 Å². The van der Waals surface area contributed by atoms with Gasteiger partial charge in [0.05, 0.1) is 13.2 Å². The fourth-order valence-electron chi connectivity index (χ4n) is 4.05. The molecule has 16 nitrogen and oxygen atoms in total. The van der Waals surface area contributed by atoms with Crippen LogP contribution in [0.25, 0.3) is 0 Å². The Balaban J connectivity index is 1.70. The van der Waals surface area contributed by atoms with Gasteiger partial charge in [0.2, 0.25) is 12.1 Å². The quantitative estimate of drug-likeness (QED) is 0.141. The third-order valence-electron chi connectivity index (χ3n) is 6.19. The second kappa shape index (κ2) is 11.4. The molecule has 3 aliphatic heterocycles. The van der Waals surface area contributed by atoms with Crippen LogP contribution in [0.5, 0.6) is 0 Å². The Morgan fingerprint density at radius 1 is 0.743 bits per heavy atom. The summed E-state index contributed by atoms with van der Waals surface area (Å²) < 4.78 is 39.2. The lowest BCUT2D eigenvalue weighted by atomic mass is 9.98. The van der Waals surface area contributed by atoms with Crippen molar-refractivity contribution in [1.29, 1.82) is 0 Å². The normalized spacial score (nSPS) is 51.9. The molecule has 3 saturated heterocycles. The van der Waals surface area contributed by atoms with E-state index < -0.39 is 112 Å². The molecule has 3 rings (SSSR count). The molecule has 206 valence electrons. The zero-order valence-corrected chi connectivity index (χ0v) is 18.0. The zero-order valence-electron chi connectivity index (χ0n) is 18.0. The van der Waals surface area contributed by atoms with Crippen LogP contribution in [0.4, 0.5) is 4.39 Å². The van der Waals surface area contributed by atoms with E-state index in [2.05, 4.69) is 0 Å². The monoisotopic (exact) mass is 522 g/mol. The van der Waals surface area contributed by atoms with Crippen molar-refractivity contribution >= 4 is 0 Å². The summed E-state index contributed by atoms with van der Waals surface area (Å²) in [6.07, 6.45) is -26.8. The number of aliphatic hydroxyl groups is 11. The minimum absolute atomic E-state index is 0.762. The Bertz CT molecular complexity index is 689. The van der Waals surface area contributed by atoms with Gasteiger partial charge in [-0.05, 0) is 0 Å². The van der Waals surface area contributed by atoms with Crippen molar-refractivity contribution in [3.05, 3.63) is 0 Å². The van der Waals surface area contributed by atoms with Crippen LogP contribution in [-0.4, -0.2) is 168 Å². The van der Waals surface area contributed by atoms with Crippen LogP contribution in [0.15, 0.2) is 0 Å². The van der Waals surface area contributed by atoms with E-state index in [9.17, 15) is 55.5 Å². The molecule has 3 unspecified atom stereocenters. The van der Waals surface area contributed by atoms with E-state index >= 15 is 0 Å². The number of alkyl halides is 1. The van der Waals surface area contributed by atoms with Gasteiger partial charge in [0.1, 0.15) is 73.8 Å². The topological polar surface area (TPSA) is 269 Å². The van der Waals surface area contributed by atoms with E-state index in [4.69, 9.17) is 28.8 Å². The van der Waals surface area contributed by atoms with Crippen molar-refractivity contribution in [2.45, 2.75) is 91.9 Å². The van der Waals surface area contributed by atoms with Crippen LogP contribution < -0.4 is 0 Å². The van der Waals surface area contributed by atoms with Gasteiger partial charge < -0.3 is 79.9 Å². The maximum absolute atomic E-state index is 13.3. The number of hydrogen-bond donors (Lipinski definition) is 11. The van der Waals surface area contributed by atoms with Crippen molar-refractivity contribution in [3.8, 4) is 0 Å². The molecule has 3 fully saturated rings. The van der Waals surface area contributed by atoms with Gasteiger partial charge in [-0.2, -0.15) is 0 Å². The first-order valence-electron chi connectivity index (χ1n) is 10.6. The molecule has 0 saturated carbocycles. The number of ether oxygens (including phenoxy) is 5. The summed E-state index contributed by atoms with van der Waals surface area (Å²) >= 11 is 0. The smallest absolute Gasteiger partial charge is 0.225 e. The predicted octanol–water partition coefficient (Wildman–Crippen LogP) is -7.28. The lowest BCUT2D eigenvalue weighted by Gasteiger charge is -2.44. The molecule has 0 aliphatic carbocycles. The highest BCUT2D eigenvalue weighted by Crippen LogP contribution is 2.36. The fraction of sp³-hybridized carbons (Fsp3) is 1.00. The Morgan fingerprint density at radius 2 is 1.34 bits per heavy atom.